The van der Waals surface area contributed by atoms with Crippen molar-refractivity contribution in [2.45, 2.75) is 18.8 Å². The third-order valence-corrected chi connectivity index (χ3v) is 5.25. The Labute approximate surface area is 181 Å². The minimum atomic E-state index is -5.10. The van der Waals surface area contributed by atoms with Gasteiger partial charge in [0.25, 0.3) is 5.91 Å². The molecule has 3 aromatic rings. The van der Waals surface area contributed by atoms with Crippen LogP contribution in [0.15, 0.2) is 42.5 Å². The number of aromatic nitrogens is 1. The van der Waals surface area contributed by atoms with Gasteiger partial charge in [-0.1, -0.05) is 12.1 Å². The summed E-state index contributed by atoms with van der Waals surface area (Å²) in [5, 5.41) is 3.20. The van der Waals surface area contributed by atoms with Crippen LogP contribution >= 0.6 is 11.3 Å². The lowest BCUT2D eigenvalue weighted by molar-refractivity contribution is -0.143. The minimum Gasteiger partial charge on any atom is -0.452 e. The van der Waals surface area contributed by atoms with Gasteiger partial charge in [0.15, 0.2) is 6.61 Å². The van der Waals surface area contributed by atoms with Gasteiger partial charge in [0, 0.05) is 13.0 Å². The number of benzene rings is 2. The zero-order valence-electron chi connectivity index (χ0n) is 16.0. The van der Waals surface area contributed by atoms with Crippen LogP contribution in [-0.2, 0) is 28.3 Å². The average molecular weight is 476 g/mol. The SMILES string of the molecule is O=C(COC(=O)c1cc(C(F)(F)F)cc(C(F)(F)F)c1)NCCc1nc2ccccc2s1. The molecule has 0 fully saturated rings. The van der Waals surface area contributed by atoms with Crippen LogP contribution in [-0.4, -0.2) is 30.0 Å². The summed E-state index contributed by atoms with van der Waals surface area (Å²) in [6, 6.07) is 7.81. The van der Waals surface area contributed by atoms with E-state index in [4.69, 9.17) is 0 Å². The van der Waals surface area contributed by atoms with Gasteiger partial charge in [-0.25, -0.2) is 9.78 Å². The molecule has 0 radical (unpaired) electrons. The number of fused-ring (bicyclic) bond motifs is 1. The monoisotopic (exact) mass is 476 g/mol. The number of alkyl halides is 6. The fraction of sp³-hybridized carbons (Fsp3) is 0.250. The first-order chi connectivity index (χ1) is 14.9. The maximum absolute atomic E-state index is 12.9. The molecule has 32 heavy (non-hydrogen) atoms. The van der Waals surface area contributed by atoms with Crippen LogP contribution in [0, 0.1) is 0 Å². The maximum Gasteiger partial charge on any atom is 0.416 e. The predicted octanol–water partition coefficient (Wildman–Crippen LogP) is 4.85. The number of hydrogen-bond acceptors (Lipinski definition) is 5. The molecule has 3 rings (SSSR count). The van der Waals surface area contributed by atoms with Gasteiger partial charge in [-0.2, -0.15) is 26.3 Å². The van der Waals surface area contributed by atoms with Crippen LogP contribution in [0.3, 0.4) is 0 Å². The summed E-state index contributed by atoms with van der Waals surface area (Å²) in [6.45, 7) is -0.714. The molecule has 2 aromatic carbocycles. The van der Waals surface area contributed by atoms with Crippen molar-refractivity contribution in [2.24, 2.45) is 0 Å². The Hall–Kier alpha value is -3.15. The lowest BCUT2D eigenvalue weighted by Crippen LogP contribution is -2.30. The number of amides is 1. The summed E-state index contributed by atoms with van der Waals surface area (Å²) in [6.07, 6.45) is -9.82. The fourth-order valence-corrected chi connectivity index (χ4v) is 3.64. The summed E-state index contributed by atoms with van der Waals surface area (Å²) < 4.78 is 82.8. The Morgan fingerprint density at radius 2 is 1.59 bits per heavy atom. The van der Waals surface area contributed by atoms with Gasteiger partial charge >= 0.3 is 18.3 Å². The Kier molecular flexibility index (Phi) is 6.72. The van der Waals surface area contributed by atoms with Gasteiger partial charge in [-0.15, -0.1) is 11.3 Å². The van der Waals surface area contributed by atoms with Crippen molar-refractivity contribution in [3.8, 4) is 0 Å². The third-order valence-electron chi connectivity index (χ3n) is 4.16. The quantitative estimate of drug-likeness (QED) is 0.408. The van der Waals surface area contributed by atoms with Crippen molar-refractivity contribution in [2.75, 3.05) is 13.2 Å². The summed E-state index contributed by atoms with van der Waals surface area (Å²) in [5.41, 5.74) is -3.46. The molecule has 1 heterocycles. The maximum atomic E-state index is 12.9. The highest BCUT2D eigenvalue weighted by Gasteiger charge is 2.37. The van der Waals surface area contributed by atoms with Crippen molar-refractivity contribution >= 4 is 33.4 Å². The fourth-order valence-electron chi connectivity index (χ4n) is 2.67. The van der Waals surface area contributed by atoms with Crippen molar-refractivity contribution in [3.63, 3.8) is 0 Å². The van der Waals surface area contributed by atoms with Crippen molar-refractivity contribution in [1.29, 1.82) is 0 Å². The molecular weight excluding hydrogens is 462 g/mol. The molecule has 170 valence electrons. The van der Waals surface area contributed by atoms with E-state index in [1.807, 2.05) is 24.3 Å². The lowest BCUT2D eigenvalue weighted by atomic mass is 10.0. The van der Waals surface area contributed by atoms with Gasteiger partial charge in [0.2, 0.25) is 0 Å². The second kappa shape index (κ2) is 9.15. The number of hydrogen-bond donors (Lipinski definition) is 1. The summed E-state index contributed by atoms with van der Waals surface area (Å²) in [7, 11) is 0. The number of carbonyl (C=O) groups is 2. The molecule has 1 amide bonds. The Bertz CT molecular complexity index is 1080. The molecular formula is C20H14F6N2O3S. The first kappa shape index (κ1) is 23.5. The molecule has 1 aromatic heterocycles. The molecule has 0 unspecified atom stereocenters. The number of ether oxygens (including phenoxy) is 1. The normalized spacial score (nSPS) is 12.1. The summed E-state index contributed by atoms with van der Waals surface area (Å²) >= 11 is 1.44. The highest BCUT2D eigenvalue weighted by Crippen LogP contribution is 2.36. The van der Waals surface area contributed by atoms with E-state index in [2.05, 4.69) is 15.0 Å². The number of esters is 1. The molecule has 0 saturated carbocycles. The van der Waals surface area contributed by atoms with Crippen molar-refractivity contribution in [1.82, 2.24) is 10.3 Å². The summed E-state index contributed by atoms with van der Waals surface area (Å²) in [5.74, 6) is -2.24. The smallest absolute Gasteiger partial charge is 0.416 e. The second-order valence-electron chi connectivity index (χ2n) is 6.55. The molecule has 12 heteroatoms. The topological polar surface area (TPSA) is 68.3 Å². The van der Waals surface area contributed by atoms with E-state index in [1.165, 1.54) is 11.3 Å². The standard InChI is InChI=1S/C20H14F6N2O3S/c21-19(22,23)12-7-11(8-13(9-12)20(24,25)26)18(30)31-10-16(29)27-6-5-17-28-14-3-1-2-4-15(14)32-17/h1-4,7-9H,5-6,10H2,(H,27,29). The summed E-state index contributed by atoms with van der Waals surface area (Å²) in [4.78, 5) is 28.2. The van der Waals surface area contributed by atoms with Crippen LogP contribution in [0.4, 0.5) is 26.3 Å². The van der Waals surface area contributed by atoms with Crippen molar-refractivity contribution < 1.29 is 40.7 Å². The van der Waals surface area contributed by atoms with E-state index < -0.39 is 47.5 Å². The molecule has 0 saturated heterocycles. The van der Waals surface area contributed by atoms with Crippen LogP contribution in [0.1, 0.15) is 26.5 Å². The lowest BCUT2D eigenvalue weighted by Gasteiger charge is -2.13. The molecule has 5 nitrogen and oxygen atoms in total. The Morgan fingerprint density at radius 3 is 2.19 bits per heavy atom. The van der Waals surface area contributed by atoms with E-state index in [9.17, 15) is 35.9 Å². The molecule has 0 aliphatic heterocycles. The largest absolute Gasteiger partial charge is 0.452 e. The number of para-hydroxylation sites is 1. The van der Waals surface area contributed by atoms with Gasteiger partial charge in [0.05, 0.1) is 31.9 Å². The van der Waals surface area contributed by atoms with Crippen LogP contribution in [0.2, 0.25) is 0 Å². The van der Waals surface area contributed by atoms with E-state index in [0.29, 0.717) is 6.42 Å². The van der Waals surface area contributed by atoms with Gasteiger partial charge in [-0.05, 0) is 30.3 Å². The van der Waals surface area contributed by atoms with Gasteiger partial charge in [0.1, 0.15) is 0 Å². The first-order valence-electron chi connectivity index (χ1n) is 9.01. The molecule has 0 bridgehead atoms. The number of nitrogens with one attached hydrogen (secondary N) is 1. The third kappa shape index (κ3) is 5.96. The molecule has 0 spiro atoms. The van der Waals surface area contributed by atoms with Crippen LogP contribution in [0.25, 0.3) is 10.2 Å². The van der Waals surface area contributed by atoms with Gasteiger partial charge < -0.3 is 10.1 Å². The molecule has 0 aliphatic rings. The first-order valence-corrected chi connectivity index (χ1v) is 9.83. The molecule has 0 aliphatic carbocycles. The molecule has 0 atom stereocenters. The Morgan fingerprint density at radius 1 is 0.969 bits per heavy atom. The van der Waals surface area contributed by atoms with E-state index >= 15 is 0 Å². The highest BCUT2D eigenvalue weighted by molar-refractivity contribution is 7.18. The van der Waals surface area contributed by atoms with E-state index in [1.54, 1.807) is 0 Å². The minimum absolute atomic E-state index is 0.106. The number of carbonyl (C=O) groups excluding carboxylic acids is 2. The predicted molar refractivity (Wildman–Crippen MR) is 103 cm³/mol. The van der Waals surface area contributed by atoms with Gasteiger partial charge in [-0.3, -0.25) is 4.79 Å². The number of thiazole rings is 1. The van der Waals surface area contributed by atoms with E-state index in [0.717, 1.165) is 15.2 Å². The Balaban J connectivity index is 1.56. The van der Waals surface area contributed by atoms with Crippen LogP contribution in [0.5, 0.6) is 0 Å². The zero-order chi connectivity index (χ0) is 23.5. The number of rotatable bonds is 6. The molecule has 1 N–H and O–H groups in total. The zero-order valence-corrected chi connectivity index (χ0v) is 16.8. The number of halogens is 6. The number of nitrogens with zero attached hydrogens (tertiary/aromatic N) is 1. The van der Waals surface area contributed by atoms with Crippen LogP contribution < -0.4 is 5.32 Å². The van der Waals surface area contributed by atoms with E-state index in [-0.39, 0.29) is 24.7 Å². The van der Waals surface area contributed by atoms with Crippen molar-refractivity contribution in [3.05, 3.63) is 64.2 Å². The second-order valence-corrected chi connectivity index (χ2v) is 7.66. The average Bonchev–Trinajstić information content (AvgIpc) is 3.13. The highest BCUT2D eigenvalue weighted by atomic mass is 32.1.